The van der Waals surface area contributed by atoms with E-state index in [1.54, 1.807) is 6.92 Å². The Bertz CT molecular complexity index is 391. The van der Waals surface area contributed by atoms with E-state index in [1.165, 1.54) is 6.07 Å². The average molecular weight is 252 g/mol. The summed E-state index contributed by atoms with van der Waals surface area (Å²) >= 11 is 0. The van der Waals surface area contributed by atoms with Crippen LogP contribution in [0.4, 0.5) is 10.1 Å². The van der Waals surface area contributed by atoms with Crippen LogP contribution in [0.2, 0.25) is 0 Å². The molecule has 100 valence electrons. The summed E-state index contributed by atoms with van der Waals surface area (Å²) in [5, 5.41) is 3.43. The number of morpholine rings is 1. The molecule has 0 spiro atoms. The van der Waals surface area contributed by atoms with Gasteiger partial charge in [-0.2, -0.15) is 0 Å². The van der Waals surface area contributed by atoms with Crippen molar-refractivity contribution in [3.8, 4) is 0 Å². The van der Waals surface area contributed by atoms with Crippen LogP contribution in [0, 0.1) is 12.7 Å². The van der Waals surface area contributed by atoms with Gasteiger partial charge < -0.3 is 15.0 Å². The third-order valence-electron chi connectivity index (χ3n) is 3.39. The number of benzene rings is 1. The Morgan fingerprint density at radius 3 is 3.00 bits per heavy atom. The lowest BCUT2D eigenvalue weighted by atomic mass is 10.1. The van der Waals surface area contributed by atoms with Crippen molar-refractivity contribution in [2.75, 3.05) is 38.3 Å². The van der Waals surface area contributed by atoms with Gasteiger partial charge in [0, 0.05) is 31.9 Å². The minimum Gasteiger partial charge on any atom is -0.379 e. The summed E-state index contributed by atoms with van der Waals surface area (Å²) in [5.74, 6) is -0.144. The van der Waals surface area contributed by atoms with Crippen LogP contribution in [0.25, 0.3) is 0 Å². The van der Waals surface area contributed by atoms with E-state index < -0.39 is 0 Å². The highest BCUT2D eigenvalue weighted by Crippen LogP contribution is 2.17. The standard InChI is InChI=1S/C14H21FN2O/c1-11-9-13(3-4-14(11)15)17(2)7-5-12-10-18-8-6-16-12/h3-4,9,12,16H,5-8,10H2,1-2H3. The number of halogens is 1. The monoisotopic (exact) mass is 252 g/mol. The molecular formula is C14H21FN2O. The highest BCUT2D eigenvalue weighted by Gasteiger charge is 2.13. The van der Waals surface area contributed by atoms with E-state index in [-0.39, 0.29) is 5.82 Å². The van der Waals surface area contributed by atoms with Crippen LogP contribution in [0.1, 0.15) is 12.0 Å². The number of nitrogens with zero attached hydrogens (tertiary/aromatic N) is 1. The van der Waals surface area contributed by atoms with Gasteiger partial charge >= 0.3 is 0 Å². The molecule has 0 saturated carbocycles. The van der Waals surface area contributed by atoms with Gasteiger partial charge in [-0.3, -0.25) is 0 Å². The number of hydrogen-bond donors (Lipinski definition) is 1. The first-order valence-electron chi connectivity index (χ1n) is 6.45. The van der Waals surface area contributed by atoms with Gasteiger partial charge in [-0.05, 0) is 37.1 Å². The Labute approximate surface area is 108 Å². The van der Waals surface area contributed by atoms with Crippen molar-refractivity contribution in [1.82, 2.24) is 5.32 Å². The van der Waals surface area contributed by atoms with Gasteiger partial charge in [0.15, 0.2) is 0 Å². The van der Waals surface area contributed by atoms with Crippen LogP contribution in [0.15, 0.2) is 18.2 Å². The van der Waals surface area contributed by atoms with E-state index in [2.05, 4.69) is 10.2 Å². The normalized spacial score (nSPS) is 19.8. The van der Waals surface area contributed by atoms with Crippen LogP contribution >= 0.6 is 0 Å². The molecular weight excluding hydrogens is 231 g/mol. The molecule has 1 saturated heterocycles. The predicted octanol–water partition coefficient (Wildman–Crippen LogP) is 1.95. The molecule has 0 aromatic heterocycles. The first-order chi connectivity index (χ1) is 8.66. The Morgan fingerprint density at radius 1 is 1.50 bits per heavy atom. The molecule has 2 rings (SSSR count). The van der Waals surface area contributed by atoms with Crippen molar-refractivity contribution in [3.63, 3.8) is 0 Å². The van der Waals surface area contributed by atoms with Crippen molar-refractivity contribution >= 4 is 5.69 Å². The first-order valence-corrected chi connectivity index (χ1v) is 6.45. The fraction of sp³-hybridized carbons (Fsp3) is 0.571. The van der Waals surface area contributed by atoms with E-state index in [1.807, 2.05) is 19.2 Å². The molecule has 1 aliphatic heterocycles. The summed E-state index contributed by atoms with van der Waals surface area (Å²) in [4.78, 5) is 2.16. The van der Waals surface area contributed by atoms with E-state index in [9.17, 15) is 4.39 Å². The molecule has 1 aromatic carbocycles. The van der Waals surface area contributed by atoms with Gasteiger partial charge in [0.2, 0.25) is 0 Å². The van der Waals surface area contributed by atoms with Crippen molar-refractivity contribution in [2.45, 2.75) is 19.4 Å². The molecule has 0 radical (unpaired) electrons. The Hall–Kier alpha value is -1.13. The van der Waals surface area contributed by atoms with Gasteiger partial charge in [0.05, 0.1) is 13.2 Å². The topological polar surface area (TPSA) is 24.5 Å². The molecule has 3 nitrogen and oxygen atoms in total. The molecule has 1 aromatic rings. The maximum Gasteiger partial charge on any atom is 0.126 e. The fourth-order valence-electron chi connectivity index (χ4n) is 2.15. The zero-order valence-corrected chi connectivity index (χ0v) is 11.1. The summed E-state index contributed by atoms with van der Waals surface area (Å²) in [6.45, 7) is 5.26. The lowest BCUT2D eigenvalue weighted by Crippen LogP contribution is -2.42. The Kier molecular flexibility index (Phi) is 4.55. The maximum absolute atomic E-state index is 13.2. The van der Waals surface area contributed by atoms with Crippen LogP contribution in [0.3, 0.4) is 0 Å². The van der Waals surface area contributed by atoms with Crippen LogP contribution < -0.4 is 10.2 Å². The number of hydrogen-bond acceptors (Lipinski definition) is 3. The van der Waals surface area contributed by atoms with Crippen molar-refractivity contribution < 1.29 is 9.13 Å². The fourth-order valence-corrected chi connectivity index (χ4v) is 2.15. The second-order valence-corrected chi connectivity index (χ2v) is 4.87. The second kappa shape index (κ2) is 6.16. The summed E-state index contributed by atoms with van der Waals surface area (Å²) in [6, 6.07) is 5.68. The van der Waals surface area contributed by atoms with E-state index in [0.717, 1.165) is 38.4 Å². The Balaban J connectivity index is 1.86. The second-order valence-electron chi connectivity index (χ2n) is 4.87. The number of aryl methyl sites for hydroxylation is 1. The number of anilines is 1. The third-order valence-corrected chi connectivity index (χ3v) is 3.39. The molecule has 1 heterocycles. The molecule has 1 atom stereocenters. The van der Waals surface area contributed by atoms with Gasteiger partial charge in [-0.25, -0.2) is 4.39 Å². The zero-order valence-electron chi connectivity index (χ0n) is 11.1. The predicted molar refractivity (Wildman–Crippen MR) is 71.6 cm³/mol. The van der Waals surface area contributed by atoms with Gasteiger partial charge in [-0.1, -0.05) is 0 Å². The SMILES string of the molecule is Cc1cc(N(C)CCC2COCCN2)ccc1F. The zero-order chi connectivity index (χ0) is 13.0. The number of nitrogens with one attached hydrogen (secondary N) is 1. The molecule has 0 bridgehead atoms. The molecule has 0 amide bonds. The lowest BCUT2D eigenvalue weighted by Gasteiger charge is -2.27. The molecule has 0 aliphatic carbocycles. The molecule has 1 fully saturated rings. The minimum absolute atomic E-state index is 0.144. The largest absolute Gasteiger partial charge is 0.379 e. The number of ether oxygens (including phenoxy) is 1. The van der Waals surface area contributed by atoms with Gasteiger partial charge in [-0.15, -0.1) is 0 Å². The average Bonchev–Trinajstić information content (AvgIpc) is 2.40. The summed E-state index contributed by atoms with van der Waals surface area (Å²) in [6.07, 6.45) is 1.03. The van der Waals surface area contributed by atoms with Crippen LogP contribution in [-0.2, 0) is 4.74 Å². The third kappa shape index (κ3) is 3.43. The maximum atomic E-state index is 13.2. The molecule has 1 aliphatic rings. The Morgan fingerprint density at radius 2 is 2.33 bits per heavy atom. The van der Waals surface area contributed by atoms with E-state index in [0.29, 0.717) is 11.6 Å². The first kappa shape index (κ1) is 13.3. The van der Waals surface area contributed by atoms with E-state index in [4.69, 9.17) is 4.74 Å². The summed E-state index contributed by atoms with van der Waals surface area (Å²) in [5.41, 5.74) is 1.75. The highest BCUT2D eigenvalue weighted by atomic mass is 19.1. The van der Waals surface area contributed by atoms with Crippen LogP contribution in [0.5, 0.6) is 0 Å². The quantitative estimate of drug-likeness (QED) is 0.886. The summed E-state index contributed by atoms with van der Waals surface area (Å²) < 4.78 is 18.6. The van der Waals surface area contributed by atoms with Gasteiger partial charge in [0.25, 0.3) is 0 Å². The van der Waals surface area contributed by atoms with Crippen LogP contribution in [-0.4, -0.2) is 39.4 Å². The highest BCUT2D eigenvalue weighted by molar-refractivity contribution is 5.48. The molecule has 4 heteroatoms. The minimum atomic E-state index is -0.144. The lowest BCUT2D eigenvalue weighted by molar-refractivity contribution is 0.0749. The van der Waals surface area contributed by atoms with E-state index >= 15 is 0 Å². The van der Waals surface area contributed by atoms with Crippen molar-refractivity contribution in [1.29, 1.82) is 0 Å². The van der Waals surface area contributed by atoms with Gasteiger partial charge in [0.1, 0.15) is 5.82 Å². The number of rotatable bonds is 4. The smallest absolute Gasteiger partial charge is 0.126 e. The molecule has 1 unspecified atom stereocenters. The van der Waals surface area contributed by atoms with Crippen molar-refractivity contribution in [3.05, 3.63) is 29.6 Å². The molecule has 18 heavy (non-hydrogen) atoms. The summed E-state index contributed by atoms with van der Waals surface area (Å²) in [7, 11) is 2.04. The van der Waals surface area contributed by atoms with Crippen molar-refractivity contribution in [2.24, 2.45) is 0 Å². The molecule has 1 N–H and O–H groups in total.